The minimum Gasteiger partial charge on any atom is -0.414 e. The van der Waals surface area contributed by atoms with Gasteiger partial charge in [-0.05, 0) is 53.8 Å². The molecule has 0 spiro atoms. The van der Waals surface area contributed by atoms with Crippen molar-refractivity contribution in [3.8, 4) is 11.8 Å². The summed E-state index contributed by atoms with van der Waals surface area (Å²) in [7, 11) is -1.63. The summed E-state index contributed by atoms with van der Waals surface area (Å²) in [5.41, 5.74) is 0. The van der Waals surface area contributed by atoms with Crippen molar-refractivity contribution in [3.63, 3.8) is 0 Å². The molecule has 1 aliphatic rings. The van der Waals surface area contributed by atoms with Crippen LogP contribution in [0, 0.1) is 11.8 Å². The average molecular weight is 671 g/mol. The fourth-order valence-electron chi connectivity index (χ4n) is 5.68. The Morgan fingerprint density at radius 2 is 1.30 bits per heavy atom. The Hall–Kier alpha value is -1.85. The van der Waals surface area contributed by atoms with E-state index in [2.05, 4.69) is 115 Å². The lowest BCUT2D eigenvalue weighted by Crippen LogP contribution is -2.68. The van der Waals surface area contributed by atoms with Crippen molar-refractivity contribution in [1.82, 2.24) is 0 Å². The highest BCUT2D eigenvalue weighted by atomic mass is 28.4. The van der Waals surface area contributed by atoms with Crippen LogP contribution in [-0.4, -0.2) is 79.1 Å². The molecular weight excluding hydrogens is 613 g/mol. The van der Waals surface area contributed by atoms with Gasteiger partial charge in [-0.1, -0.05) is 108 Å². The second kappa shape index (κ2) is 15.1. The van der Waals surface area contributed by atoms with Gasteiger partial charge in [-0.15, -0.1) is 5.92 Å². The number of benzene rings is 2. The number of hydrogen-bond acceptors (Lipinski definition) is 7. The minimum atomic E-state index is -2.61. The molecule has 0 unspecified atom stereocenters. The fraction of sp³-hybridized carbons (Fsp3) is 0.622. The summed E-state index contributed by atoms with van der Waals surface area (Å²) in [5.74, 6) is 3.72. The summed E-state index contributed by atoms with van der Waals surface area (Å²) in [6, 6.07) is 21.2. The van der Waals surface area contributed by atoms with Crippen LogP contribution in [0.15, 0.2) is 60.7 Å². The molecule has 9 heteroatoms. The quantitative estimate of drug-likeness (QED) is 0.163. The third-order valence-electron chi connectivity index (χ3n) is 9.86. The molecule has 1 N–H and O–H groups in total. The van der Waals surface area contributed by atoms with E-state index >= 15 is 0 Å². The standard InChI is InChI=1S/C37H58O7Si2/c1-34(2,3)45(11,12)42-28-32-33(44-37(8,40-10)36(7,39-9)43-32)31(38)26-20-15-21-27-41-46(35(4,5)6,29-22-16-13-17-23-29)30-24-18-14-19-25-30/h13-14,16-19,22-25,31-33,38H,15,21,27-28H2,1-12H3/t31-,32-,33+,36-,37-/m1/s1. The molecule has 2 aromatic rings. The lowest BCUT2D eigenvalue weighted by atomic mass is 10.0. The first-order valence-corrected chi connectivity index (χ1v) is 21.2. The first kappa shape index (κ1) is 38.6. The van der Waals surface area contributed by atoms with Crippen molar-refractivity contribution >= 4 is 27.0 Å². The molecule has 7 nitrogen and oxygen atoms in total. The van der Waals surface area contributed by atoms with Gasteiger partial charge in [0.15, 0.2) is 8.32 Å². The van der Waals surface area contributed by atoms with E-state index in [-0.39, 0.29) is 16.7 Å². The second-order valence-electron chi connectivity index (χ2n) is 15.0. The van der Waals surface area contributed by atoms with E-state index in [1.54, 1.807) is 21.0 Å². The SMILES string of the molecule is CO[C@]1(C)O[C@@H]([C@H](O)C#CCCCO[Si](c2ccccc2)(c2ccccc2)C(C)(C)C)[C@@H](CO[Si](C)(C)C(C)(C)C)O[C@@]1(C)OC. The normalized spacial score (nSPS) is 25.1. The molecule has 5 atom stereocenters. The first-order chi connectivity index (χ1) is 21.4. The number of aliphatic hydroxyl groups excluding tert-OH is 1. The average Bonchev–Trinajstić information content (AvgIpc) is 3.00. The smallest absolute Gasteiger partial charge is 0.261 e. The lowest BCUT2D eigenvalue weighted by Gasteiger charge is -2.52. The van der Waals surface area contributed by atoms with E-state index in [9.17, 15) is 5.11 Å². The van der Waals surface area contributed by atoms with Crippen LogP contribution in [0.4, 0.5) is 0 Å². The van der Waals surface area contributed by atoms with Crippen LogP contribution in [0.25, 0.3) is 0 Å². The monoisotopic (exact) mass is 670 g/mol. The Morgan fingerprint density at radius 1 is 0.804 bits per heavy atom. The van der Waals surface area contributed by atoms with Crippen LogP contribution in [0.2, 0.25) is 23.2 Å². The Labute approximate surface area is 280 Å². The van der Waals surface area contributed by atoms with Crippen LogP contribution < -0.4 is 10.4 Å². The zero-order valence-electron chi connectivity index (χ0n) is 30.2. The molecule has 0 aliphatic carbocycles. The lowest BCUT2D eigenvalue weighted by molar-refractivity contribution is -0.453. The zero-order valence-corrected chi connectivity index (χ0v) is 32.2. The Bertz CT molecular complexity index is 1260. The van der Waals surface area contributed by atoms with Gasteiger partial charge in [0.1, 0.15) is 18.3 Å². The van der Waals surface area contributed by atoms with E-state index in [1.807, 2.05) is 12.1 Å². The number of ether oxygens (including phenoxy) is 4. The zero-order chi connectivity index (χ0) is 34.4. The molecule has 0 saturated carbocycles. The van der Waals surface area contributed by atoms with Crippen LogP contribution in [0.5, 0.6) is 0 Å². The maximum Gasteiger partial charge on any atom is 0.261 e. The third-order valence-corrected chi connectivity index (χ3v) is 19.4. The molecule has 1 heterocycles. The number of methoxy groups -OCH3 is 2. The Balaban J connectivity index is 1.77. The maximum absolute atomic E-state index is 11.4. The minimum absolute atomic E-state index is 0.0125. The summed E-state index contributed by atoms with van der Waals surface area (Å²) in [6.07, 6.45) is -1.27. The largest absolute Gasteiger partial charge is 0.414 e. The van der Waals surface area contributed by atoms with Crippen molar-refractivity contribution in [2.24, 2.45) is 0 Å². The molecule has 256 valence electrons. The van der Waals surface area contributed by atoms with Crippen molar-refractivity contribution in [3.05, 3.63) is 60.7 Å². The molecule has 1 aliphatic heterocycles. The second-order valence-corrected chi connectivity index (χ2v) is 24.1. The van der Waals surface area contributed by atoms with Gasteiger partial charge in [-0.2, -0.15) is 0 Å². The van der Waals surface area contributed by atoms with Gasteiger partial charge in [0, 0.05) is 27.2 Å². The number of rotatable bonds is 12. The van der Waals surface area contributed by atoms with Crippen LogP contribution in [-0.2, 0) is 27.8 Å². The van der Waals surface area contributed by atoms with Gasteiger partial charge >= 0.3 is 0 Å². The van der Waals surface area contributed by atoms with Crippen LogP contribution in [0.1, 0.15) is 68.2 Å². The molecule has 0 amide bonds. The van der Waals surface area contributed by atoms with Gasteiger partial charge in [0.2, 0.25) is 11.6 Å². The van der Waals surface area contributed by atoms with E-state index in [1.165, 1.54) is 17.5 Å². The number of unbranched alkanes of at least 4 members (excludes halogenated alkanes) is 1. The van der Waals surface area contributed by atoms with E-state index in [0.29, 0.717) is 13.0 Å². The van der Waals surface area contributed by atoms with Crippen LogP contribution >= 0.6 is 0 Å². The van der Waals surface area contributed by atoms with Crippen molar-refractivity contribution in [1.29, 1.82) is 0 Å². The molecule has 2 aromatic carbocycles. The van der Waals surface area contributed by atoms with Gasteiger partial charge in [-0.3, -0.25) is 0 Å². The summed E-state index contributed by atoms with van der Waals surface area (Å²) in [5, 5.41) is 13.8. The fourth-order valence-corrected chi connectivity index (χ4v) is 11.3. The van der Waals surface area contributed by atoms with E-state index in [4.69, 9.17) is 27.8 Å². The Morgan fingerprint density at radius 3 is 1.76 bits per heavy atom. The van der Waals surface area contributed by atoms with Gasteiger partial charge in [0.05, 0.1) is 6.61 Å². The highest BCUT2D eigenvalue weighted by Crippen LogP contribution is 2.42. The predicted octanol–water partition coefficient (Wildman–Crippen LogP) is 6.24. The highest BCUT2D eigenvalue weighted by Gasteiger charge is 2.58. The molecule has 0 radical (unpaired) electrons. The van der Waals surface area contributed by atoms with Crippen molar-refractivity contribution in [2.75, 3.05) is 27.4 Å². The molecule has 1 saturated heterocycles. The Kier molecular flexibility index (Phi) is 12.7. The third kappa shape index (κ3) is 8.23. The maximum atomic E-state index is 11.4. The van der Waals surface area contributed by atoms with E-state index in [0.717, 1.165) is 6.42 Å². The molecular formula is C37H58O7Si2. The molecule has 0 bridgehead atoms. The highest BCUT2D eigenvalue weighted by molar-refractivity contribution is 6.99. The predicted molar refractivity (Wildman–Crippen MR) is 190 cm³/mol. The van der Waals surface area contributed by atoms with Gasteiger partial charge in [-0.25, -0.2) is 0 Å². The van der Waals surface area contributed by atoms with Crippen molar-refractivity contribution in [2.45, 2.75) is 121 Å². The number of aliphatic hydroxyl groups is 1. The molecule has 0 aromatic heterocycles. The van der Waals surface area contributed by atoms with Crippen LogP contribution in [0.3, 0.4) is 0 Å². The molecule has 46 heavy (non-hydrogen) atoms. The molecule has 1 fully saturated rings. The summed E-state index contributed by atoms with van der Waals surface area (Å²) >= 11 is 0. The van der Waals surface area contributed by atoms with Crippen molar-refractivity contribution < 1.29 is 32.9 Å². The van der Waals surface area contributed by atoms with E-state index < -0.39 is 46.5 Å². The first-order valence-electron chi connectivity index (χ1n) is 16.4. The van der Waals surface area contributed by atoms with Gasteiger partial charge < -0.3 is 32.9 Å². The topological polar surface area (TPSA) is 75.6 Å². The summed E-state index contributed by atoms with van der Waals surface area (Å²) < 4.78 is 37.8. The summed E-state index contributed by atoms with van der Waals surface area (Å²) in [6.45, 7) is 22.1. The van der Waals surface area contributed by atoms with Gasteiger partial charge in [0.25, 0.3) is 8.32 Å². The number of hydrogen-bond donors (Lipinski definition) is 1. The molecule has 3 rings (SSSR count). The summed E-state index contributed by atoms with van der Waals surface area (Å²) in [4.78, 5) is 0.